The molecule has 0 atom stereocenters. The number of rotatable bonds is 5. The van der Waals surface area contributed by atoms with Gasteiger partial charge in [0, 0.05) is 40.0 Å². The Kier molecular flexibility index (Phi) is 8.09. The van der Waals surface area contributed by atoms with E-state index in [0.29, 0.717) is 46.9 Å². The number of halogens is 1. The van der Waals surface area contributed by atoms with Gasteiger partial charge in [0.1, 0.15) is 0 Å². The minimum atomic E-state index is -0.414. The Morgan fingerprint density at radius 1 is 1.00 bits per heavy atom. The van der Waals surface area contributed by atoms with Crippen molar-refractivity contribution >= 4 is 46.3 Å². The van der Waals surface area contributed by atoms with Crippen LogP contribution >= 0.6 is 11.6 Å². The van der Waals surface area contributed by atoms with Crippen LogP contribution in [-0.4, -0.2) is 30.9 Å². The van der Waals surface area contributed by atoms with Gasteiger partial charge in [-0.2, -0.15) is 0 Å². The highest BCUT2D eigenvalue weighted by atomic mass is 35.5. The molecule has 1 aliphatic heterocycles. The summed E-state index contributed by atoms with van der Waals surface area (Å²) in [5, 5.41) is 3.44. The van der Waals surface area contributed by atoms with Crippen LogP contribution in [0, 0.1) is 13.8 Å². The summed E-state index contributed by atoms with van der Waals surface area (Å²) >= 11 is 6.29. The van der Waals surface area contributed by atoms with Crippen molar-refractivity contribution in [2.75, 3.05) is 23.4 Å². The zero-order chi connectivity index (χ0) is 26.5. The van der Waals surface area contributed by atoms with Gasteiger partial charge in [-0.25, -0.2) is 4.79 Å². The number of carbonyl (C=O) groups is 3. The van der Waals surface area contributed by atoms with E-state index >= 15 is 0 Å². The molecule has 6 nitrogen and oxygen atoms in total. The number of anilines is 2. The average molecular weight is 517 g/mol. The second kappa shape index (κ2) is 11.4. The van der Waals surface area contributed by atoms with E-state index in [1.54, 1.807) is 48.2 Å². The summed E-state index contributed by atoms with van der Waals surface area (Å²) in [6.45, 7) is 6.27. The Morgan fingerprint density at radius 2 is 1.78 bits per heavy atom. The molecule has 0 aromatic heterocycles. The highest BCUT2D eigenvalue weighted by molar-refractivity contribution is 6.31. The van der Waals surface area contributed by atoms with Gasteiger partial charge in [0.2, 0.25) is 0 Å². The van der Waals surface area contributed by atoms with Gasteiger partial charge in [0.15, 0.2) is 0 Å². The molecule has 1 N–H and O–H groups in total. The number of hydrogen-bond acceptors (Lipinski definition) is 4. The molecule has 0 unspecified atom stereocenters. The van der Waals surface area contributed by atoms with Crippen LogP contribution in [0.25, 0.3) is 5.57 Å². The number of carbonyl (C=O) groups excluding carboxylic acids is 3. The van der Waals surface area contributed by atoms with Gasteiger partial charge in [0.05, 0.1) is 12.3 Å². The number of ether oxygens (including phenoxy) is 1. The minimum Gasteiger partial charge on any atom is -0.463 e. The molecule has 3 aromatic carbocycles. The van der Waals surface area contributed by atoms with Crippen LogP contribution in [0.3, 0.4) is 0 Å². The number of amides is 2. The van der Waals surface area contributed by atoms with Crippen molar-refractivity contribution in [2.24, 2.45) is 0 Å². The van der Waals surface area contributed by atoms with Crippen LogP contribution in [0.4, 0.5) is 11.4 Å². The second-order valence-corrected chi connectivity index (χ2v) is 9.38. The first-order valence-electron chi connectivity index (χ1n) is 12.2. The lowest BCUT2D eigenvalue weighted by Crippen LogP contribution is -2.32. The smallest absolute Gasteiger partial charge is 0.331 e. The molecule has 0 bridgehead atoms. The summed E-state index contributed by atoms with van der Waals surface area (Å²) in [5.74, 6) is -0.770. The molecule has 4 rings (SSSR count). The van der Waals surface area contributed by atoms with Crippen molar-refractivity contribution < 1.29 is 19.1 Å². The fourth-order valence-electron chi connectivity index (χ4n) is 4.52. The summed E-state index contributed by atoms with van der Waals surface area (Å²) in [7, 11) is 0. The first kappa shape index (κ1) is 26.2. The molecule has 0 radical (unpaired) electrons. The van der Waals surface area contributed by atoms with Crippen molar-refractivity contribution in [2.45, 2.75) is 33.6 Å². The number of esters is 1. The lowest BCUT2D eigenvalue weighted by atomic mass is 10.00. The highest BCUT2D eigenvalue weighted by Crippen LogP contribution is 2.37. The maximum atomic E-state index is 13.7. The van der Waals surface area contributed by atoms with E-state index in [9.17, 15) is 14.4 Å². The van der Waals surface area contributed by atoms with Gasteiger partial charge in [-0.15, -0.1) is 0 Å². The Morgan fingerprint density at radius 3 is 2.51 bits per heavy atom. The molecule has 0 saturated heterocycles. The molecule has 0 fully saturated rings. The first-order chi connectivity index (χ1) is 17.8. The van der Waals surface area contributed by atoms with E-state index in [-0.39, 0.29) is 18.4 Å². The number of nitrogens with zero attached hydrogens (tertiary/aromatic N) is 1. The Bertz CT molecular complexity index is 1400. The summed E-state index contributed by atoms with van der Waals surface area (Å²) < 4.78 is 5.10. The SMILES string of the molecule is CCOC(=O)C=C1CCCN(C(=O)c2ccc(NC(=O)c3ccccc3C)cc2C)c2ccc(Cl)cc21. The minimum absolute atomic E-state index is 0.157. The molecule has 0 spiro atoms. The predicted octanol–water partition coefficient (Wildman–Crippen LogP) is 6.60. The third-order valence-electron chi connectivity index (χ3n) is 6.35. The van der Waals surface area contributed by atoms with Crippen LogP contribution in [0.5, 0.6) is 0 Å². The molecule has 0 aliphatic carbocycles. The molecular formula is C30H29ClN2O4. The summed E-state index contributed by atoms with van der Waals surface area (Å²) in [5.41, 5.74) is 5.61. The summed E-state index contributed by atoms with van der Waals surface area (Å²) in [4.78, 5) is 40.4. The number of fused-ring (bicyclic) bond motifs is 1. The number of hydrogen-bond donors (Lipinski definition) is 1. The van der Waals surface area contributed by atoms with Crippen molar-refractivity contribution in [1.82, 2.24) is 0 Å². The predicted molar refractivity (Wildman–Crippen MR) is 147 cm³/mol. The fourth-order valence-corrected chi connectivity index (χ4v) is 4.70. The molecule has 1 aliphatic rings. The van der Waals surface area contributed by atoms with Gasteiger partial charge in [-0.3, -0.25) is 9.59 Å². The van der Waals surface area contributed by atoms with E-state index in [1.807, 2.05) is 38.1 Å². The quantitative estimate of drug-likeness (QED) is 0.306. The number of allylic oxidation sites excluding steroid dienone is 1. The van der Waals surface area contributed by atoms with E-state index in [1.165, 1.54) is 6.08 Å². The molecule has 3 aromatic rings. The van der Waals surface area contributed by atoms with Gasteiger partial charge in [-0.1, -0.05) is 29.8 Å². The maximum absolute atomic E-state index is 13.7. The van der Waals surface area contributed by atoms with Crippen molar-refractivity contribution in [3.8, 4) is 0 Å². The van der Waals surface area contributed by atoms with Crippen molar-refractivity contribution in [1.29, 1.82) is 0 Å². The monoisotopic (exact) mass is 516 g/mol. The topological polar surface area (TPSA) is 75.7 Å². The maximum Gasteiger partial charge on any atom is 0.331 e. The molecule has 0 saturated carbocycles. The van der Waals surface area contributed by atoms with Crippen LogP contribution in [0.2, 0.25) is 5.02 Å². The third-order valence-corrected chi connectivity index (χ3v) is 6.59. The van der Waals surface area contributed by atoms with Crippen LogP contribution in [0.1, 0.15) is 57.2 Å². The zero-order valence-corrected chi connectivity index (χ0v) is 21.9. The van der Waals surface area contributed by atoms with Crippen LogP contribution < -0.4 is 10.2 Å². The molecule has 2 amide bonds. The standard InChI is InChI=1S/C30H29ClN2O4/c1-4-37-28(34)17-21-9-7-15-33(27-14-11-22(31)18-26(21)27)30(36)25-13-12-23(16-20(25)3)32-29(35)24-10-6-5-8-19(24)2/h5-6,8,10-14,16-18H,4,7,9,15H2,1-3H3,(H,32,35). The van der Waals surface area contributed by atoms with E-state index in [4.69, 9.17) is 16.3 Å². The van der Waals surface area contributed by atoms with Gasteiger partial charge in [-0.05, 0) is 92.8 Å². The lowest BCUT2D eigenvalue weighted by molar-refractivity contribution is -0.137. The fraction of sp³-hybridized carbons (Fsp3) is 0.233. The van der Waals surface area contributed by atoms with Crippen molar-refractivity contribution in [3.63, 3.8) is 0 Å². The largest absolute Gasteiger partial charge is 0.463 e. The highest BCUT2D eigenvalue weighted by Gasteiger charge is 2.26. The summed E-state index contributed by atoms with van der Waals surface area (Å²) in [6.07, 6.45) is 2.77. The van der Waals surface area contributed by atoms with E-state index in [2.05, 4.69) is 5.32 Å². The normalized spacial score (nSPS) is 14.1. The van der Waals surface area contributed by atoms with Crippen LogP contribution in [-0.2, 0) is 9.53 Å². The zero-order valence-electron chi connectivity index (χ0n) is 21.1. The molecule has 190 valence electrons. The number of nitrogens with one attached hydrogen (secondary N) is 1. The third kappa shape index (κ3) is 5.92. The first-order valence-corrected chi connectivity index (χ1v) is 12.6. The van der Waals surface area contributed by atoms with Gasteiger partial charge in [0.25, 0.3) is 11.8 Å². The Balaban J connectivity index is 1.62. The van der Waals surface area contributed by atoms with Gasteiger partial charge >= 0.3 is 5.97 Å². The van der Waals surface area contributed by atoms with Crippen LogP contribution in [0.15, 0.2) is 66.7 Å². The Labute approximate surface area is 221 Å². The van der Waals surface area contributed by atoms with E-state index < -0.39 is 5.97 Å². The second-order valence-electron chi connectivity index (χ2n) is 8.94. The Hall–Kier alpha value is -3.90. The van der Waals surface area contributed by atoms with E-state index in [0.717, 1.165) is 22.3 Å². The summed E-state index contributed by atoms with van der Waals surface area (Å²) in [6, 6.07) is 18.0. The number of benzene rings is 3. The molecule has 7 heteroatoms. The molecule has 37 heavy (non-hydrogen) atoms. The van der Waals surface area contributed by atoms with Crippen molar-refractivity contribution in [3.05, 3.63) is 99.6 Å². The molecular weight excluding hydrogens is 488 g/mol. The number of aryl methyl sites for hydroxylation is 2. The average Bonchev–Trinajstić information content (AvgIpc) is 3.03. The van der Waals surface area contributed by atoms with Gasteiger partial charge < -0.3 is 15.0 Å². The molecule has 1 heterocycles. The lowest BCUT2D eigenvalue weighted by Gasteiger charge is -2.24.